The van der Waals surface area contributed by atoms with Crippen LogP contribution in [-0.2, 0) is 9.53 Å². The summed E-state index contributed by atoms with van der Waals surface area (Å²) in [6.45, 7) is 5.91. The molecule has 1 rings (SSSR count). The third-order valence-electron chi connectivity index (χ3n) is 2.41. The van der Waals surface area contributed by atoms with Crippen molar-refractivity contribution < 1.29 is 14.3 Å². The van der Waals surface area contributed by atoms with Gasteiger partial charge in [-0.25, -0.2) is 4.79 Å². The third kappa shape index (κ3) is 6.99. The SMILES string of the molecule is CC(C)(C)OC(=O)NCCNC(=O)[C@@H](Cl)c1ccccc1. The van der Waals surface area contributed by atoms with Crippen LogP contribution in [0.2, 0.25) is 0 Å². The van der Waals surface area contributed by atoms with E-state index in [-0.39, 0.29) is 19.0 Å². The van der Waals surface area contributed by atoms with Crippen LogP contribution in [0.25, 0.3) is 0 Å². The Kier molecular flexibility index (Phi) is 6.49. The van der Waals surface area contributed by atoms with Gasteiger partial charge < -0.3 is 15.4 Å². The first-order valence-electron chi connectivity index (χ1n) is 6.73. The van der Waals surface area contributed by atoms with Gasteiger partial charge in [-0.15, -0.1) is 11.6 Å². The van der Waals surface area contributed by atoms with Crippen LogP contribution >= 0.6 is 11.6 Å². The Morgan fingerprint density at radius 2 is 1.71 bits per heavy atom. The Morgan fingerprint density at radius 1 is 1.14 bits per heavy atom. The monoisotopic (exact) mass is 312 g/mol. The highest BCUT2D eigenvalue weighted by Gasteiger charge is 2.17. The normalized spacial score (nSPS) is 12.4. The standard InChI is InChI=1S/C15H21ClN2O3/c1-15(2,3)21-14(20)18-10-9-17-13(19)12(16)11-7-5-4-6-8-11/h4-8,12H,9-10H2,1-3H3,(H,17,19)(H,18,20)/t12-/m0/s1. The molecular weight excluding hydrogens is 292 g/mol. The summed E-state index contributed by atoms with van der Waals surface area (Å²) in [4.78, 5) is 23.2. The van der Waals surface area contributed by atoms with Gasteiger partial charge in [-0.05, 0) is 26.3 Å². The van der Waals surface area contributed by atoms with Gasteiger partial charge in [-0.1, -0.05) is 30.3 Å². The molecule has 1 atom stereocenters. The summed E-state index contributed by atoms with van der Waals surface area (Å²) in [7, 11) is 0. The van der Waals surface area contributed by atoms with Crippen LogP contribution < -0.4 is 10.6 Å². The van der Waals surface area contributed by atoms with Crippen molar-refractivity contribution >= 4 is 23.6 Å². The van der Waals surface area contributed by atoms with Crippen molar-refractivity contribution in [1.82, 2.24) is 10.6 Å². The molecule has 0 unspecified atom stereocenters. The molecule has 0 spiro atoms. The lowest BCUT2D eigenvalue weighted by Crippen LogP contribution is -2.38. The van der Waals surface area contributed by atoms with Crippen molar-refractivity contribution in [2.45, 2.75) is 31.7 Å². The Balaban J connectivity index is 2.27. The van der Waals surface area contributed by atoms with E-state index >= 15 is 0 Å². The fourth-order valence-electron chi connectivity index (χ4n) is 1.53. The molecule has 2 amide bonds. The van der Waals surface area contributed by atoms with Gasteiger partial charge in [0.15, 0.2) is 0 Å². The van der Waals surface area contributed by atoms with E-state index in [1.165, 1.54) is 0 Å². The van der Waals surface area contributed by atoms with E-state index in [4.69, 9.17) is 16.3 Å². The van der Waals surface area contributed by atoms with Crippen LogP contribution in [0.1, 0.15) is 31.7 Å². The highest BCUT2D eigenvalue weighted by Crippen LogP contribution is 2.19. The van der Waals surface area contributed by atoms with E-state index in [0.29, 0.717) is 0 Å². The van der Waals surface area contributed by atoms with Crippen LogP contribution in [-0.4, -0.2) is 30.7 Å². The molecule has 0 aliphatic rings. The molecule has 0 aliphatic carbocycles. The van der Waals surface area contributed by atoms with Crippen LogP contribution in [0.4, 0.5) is 4.79 Å². The van der Waals surface area contributed by atoms with Crippen molar-refractivity contribution in [3.63, 3.8) is 0 Å². The van der Waals surface area contributed by atoms with Gasteiger partial charge in [-0.3, -0.25) is 4.79 Å². The van der Waals surface area contributed by atoms with Gasteiger partial charge in [-0.2, -0.15) is 0 Å². The zero-order valence-electron chi connectivity index (χ0n) is 12.5. The van der Waals surface area contributed by atoms with Crippen molar-refractivity contribution in [3.8, 4) is 0 Å². The molecule has 21 heavy (non-hydrogen) atoms. The Morgan fingerprint density at radius 3 is 2.29 bits per heavy atom. The number of benzene rings is 1. The minimum absolute atomic E-state index is 0.277. The lowest BCUT2D eigenvalue weighted by Gasteiger charge is -2.19. The zero-order chi connectivity index (χ0) is 15.9. The smallest absolute Gasteiger partial charge is 0.407 e. The Labute approximate surface area is 130 Å². The highest BCUT2D eigenvalue weighted by molar-refractivity contribution is 6.30. The lowest BCUT2D eigenvalue weighted by molar-refractivity contribution is -0.120. The molecule has 6 heteroatoms. The predicted octanol–water partition coefficient (Wildman–Crippen LogP) is 2.61. The molecule has 1 aromatic rings. The number of carbonyl (C=O) groups excluding carboxylic acids is 2. The number of halogens is 1. The van der Waals surface area contributed by atoms with Gasteiger partial charge in [0.25, 0.3) is 0 Å². The minimum atomic E-state index is -0.743. The summed E-state index contributed by atoms with van der Waals surface area (Å²) in [5, 5.41) is 4.47. The fraction of sp³-hybridized carbons (Fsp3) is 0.467. The van der Waals surface area contributed by atoms with Crippen LogP contribution in [0.3, 0.4) is 0 Å². The predicted molar refractivity (Wildman–Crippen MR) is 82.3 cm³/mol. The van der Waals surface area contributed by atoms with Crippen molar-refractivity contribution in [1.29, 1.82) is 0 Å². The lowest BCUT2D eigenvalue weighted by atomic mass is 10.1. The maximum absolute atomic E-state index is 11.8. The summed E-state index contributed by atoms with van der Waals surface area (Å²) in [5.74, 6) is -0.297. The number of amides is 2. The average molecular weight is 313 g/mol. The molecule has 0 aromatic heterocycles. The van der Waals surface area contributed by atoms with Crippen LogP contribution in [0, 0.1) is 0 Å². The van der Waals surface area contributed by atoms with Crippen LogP contribution in [0.5, 0.6) is 0 Å². The summed E-state index contributed by atoms with van der Waals surface area (Å²) in [6.07, 6.45) is -0.512. The summed E-state index contributed by atoms with van der Waals surface area (Å²) >= 11 is 6.06. The first-order chi connectivity index (χ1) is 9.79. The number of alkyl halides is 1. The summed E-state index contributed by atoms with van der Waals surface area (Å²) in [6, 6.07) is 9.08. The van der Waals surface area contributed by atoms with Gasteiger partial charge >= 0.3 is 6.09 Å². The number of carbonyl (C=O) groups is 2. The van der Waals surface area contributed by atoms with Crippen molar-refractivity contribution in [3.05, 3.63) is 35.9 Å². The molecular formula is C15H21ClN2O3. The number of ether oxygens (including phenoxy) is 1. The topological polar surface area (TPSA) is 67.4 Å². The maximum Gasteiger partial charge on any atom is 0.407 e. The molecule has 116 valence electrons. The molecule has 0 aliphatic heterocycles. The van der Waals surface area contributed by atoms with Gasteiger partial charge in [0, 0.05) is 13.1 Å². The Bertz CT molecular complexity index is 472. The average Bonchev–Trinajstić information content (AvgIpc) is 2.41. The van der Waals surface area contributed by atoms with E-state index in [9.17, 15) is 9.59 Å². The van der Waals surface area contributed by atoms with E-state index in [0.717, 1.165) is 5.56 Å². The fourth-order valence-corrected chi connectivity index (χ4v) is 1.75. The van der Waals surface area contributed by atoms with E-state index in [1.807, 2.05) is 18.2 Å². The number of rotatable bonds is 5. The molecule has 0 bridgehead atoms. The zero-order valence-corrected chi connectivity index (χ0v) is 13.2. The largest absolute Gasteiger partial charge is 0.444 e. The minimum Gasteiger partial charge on any atom is -0.444 e. The Hall–Kier alpha value is -1.75. The van der Waals surface area contributed by atoms with E-state index < -0.39 is 17.1 Å². The number of hydrogen-bond donors (Lipinski definition) is 2. The van der Waals surface area contributed by atoms with E-state index in [1.54, 1.807) is 32.9 Å². The molecule has 0 radical (unpaired) electrons. The third-order valence-corrected chi connectivity index (χ3v) is 2.87. The van der Waals surface area contributed by atoms with E-state index in [2.05, 4.69) is 10.6 Å². The summed E-state index contributed by atoms with van der Waals surface area (Å²) < 4.78 is 5.07. The highest BCUT2D eigenvalue weighted by atomic mass is 35.5. The van der Waals surface area contributed by atoms with Gasteiger partial charge in [0.2, 0.25) is 5.91 Å². The quantitative estimate of drug-likeness (QED) is 0.648. The second kappa shape index (κ2) is 7.88. The maximum atomic E-state index is 11.8. The van der Waals surface area contributed by atoms with Crippen molar-refractivity contribution in [2.75, 3.05) is 13.1 Å². The first-order valence-corrected chi connectivity index (χ1v) is 7.17. The molecule has 5 nitrogen and oxygen atoms in total. The molecule has 0 saturated heterocycles. The second-order valence-electron chi connectivity index (χ2n) is 5.49. The molecule has 0 heterocycles. The molecule has 1 aromatic carbocycles. The van der Waals surface area contributed by atoms with Gasteiger partial charge in [0.1, 0.15) is 11.0 Å². The molecule has 0 saturated carbocycles. The molecule has 2 N–H and O–H groups in total. The molecule has 0 fully saturated rings. The summed E-state index contributed by atoms with van der Waals surface area (Å²) in [5.41, 5.74) is 0.193. The number of nitrogens with one attached hydrogen (secondary N) is 2. The number of hydrogen-bond acceptors (Lipinski definition) is 3. The first kappa shape index (κ1) is 17.3. The van der Waals surface area contributed by atoms with Crippen molar-refractivity contribution in [2.24, 2.45) is 0 Å². The van der Waals surface area contributed by atoms with Gasteiger partial charge in [0.05, 0.1) is 0 Å². The van der Waals surface area contributed by atoms with Crippen LogP contribution in [0.15, 0.2) is 30.3 Å². The number of alkyl carbamates (subject to hydrolysis) is 1. The second-order valence-corrected chi connectivity index (χ2v) is 5.93.